The van der Waals surface area contributed by atoms with Crippen LogP contribution in [-0.4, -0.2) is 4.98 Å². The maximum atomic E-state index is 4.16. The third-order valence-corrected chi connectivity index (χ3v) is 3.80. The Morgan fingerprint density at radius 2 is 2.17 bits per heavy atom. The van der Waals surface area contributed by atoms with E-state index in [4.69, 9.17) is 0 Å². The first-order valence-electron chi connectivity index (χ1n) is 5.96. The zero-order chi connectivity index (χ0) is 12.4. The van der Waals surface area contributed by atoms with Crippen molar-refractivity contribution >= 4 is 27.8 Å². The molecule has 3 heteroatoms. The molecule has 1 N–H and O–H groups in total. The van der Waals surface area contributed by atoms with Crippen molar-refractivity contribution in [2.45, 2.75) is 13.0 Å². The van der Waals surface area contributed by atoms with Crippen molar-refractivity contribution in [3.8, 4) is 0 Å². The van der Waals surface area contributed by atoms with E-state index in [9.17, 15) is 0 Å². The van der Waals surface area contributed by atoms with Crippen LogP contribution >= 0.6 is 11.3 Å². The van der Waals surface area contributed by atoms with Crippen LogP contribution in [0.5, 0.6) is 0 Å². The molecule has 1 aromatic carbocycles. The number of benzene rings is 1. The first-order chi connectivity index (χ1) is 8.84. The Balaban J connectivity index is 1.95. The van der Waals surface area contributed by atoms with Crippen LogP contribution in [0.4, 0.5) is 5.69 Å². The lowest BCUT2D eigenvalue weighted by molar-refractivity contribution is 0.893. The van der Waals surface area contributed by atoms with E-state index in [1.807, 2.05) is 12.4 Å². The number of aromatic nitrogens is 1. The topological polar surface area (TPSA) is 24.9 Å². The number of pyridine rings is 1. The maximum absolute atomic E-state index is 4.16. The van der Waals surface area contributed by atoms with Gasteiger partial charge in [-0.15, -0.1) is 0 Å². The smallest absolute Gasteiger partial charge is 0.0494 e. The van der Waals surface area contributed by atoms with Crippen molar-refractivity contribution in [3.05, 3.63) is 59.0 Å². The molecule has 0 aliphatic heterocycles. The van der Waals surface area contributed by atoms with Crippen molar-refractivity contribution in [2.75, 3.05) is 5.32 Å². The highest BCUT2D eigenvalue weighted by atomic mass is 32.1. The summed E-state index contributed by atoms with van der Waals surface area (Å²) in [6, 6.07) is 10.8. The summed E-state index contributed by atoms with van der Waals surface area (Å²) < 4.78 is 0. The predicted octanol–water partition coefficient (Wildman–Crippen LogP) is 4.47. The third kappa shape index (κ3) is 2.09. The molecular weight excluding hydrogens is 240 g/mol. The molecular formula is C15H14N2S. The molecule has 18 heavy (non-hydrogen) atoms. The van der Waals surface area contributed by atoms with Gasteiger partial charge in [-0.3, -0.25) is 4.98 Å². The van der Waals surface area contributed by atoms with Crippen LogP contribution in [0.25, 0.3) is 10.8 Å². The van der Waals surface area contributed by atoms with Crippen LogP contribution in [0.2, 0.25) is 0 Å². The highest BCUT2D eigenvalue weighted by Gasteiger charge is 2.07. The van der Waals surface area contributed by atoms with Gasteiger partial charge in [0.2, 0.25) is 0 Å². The summed E-state index contributed by atoms with van der Waals surface area (Å²) in [5, 5.41) is 10.2. The highest BCUT2D eigenvalue weighted by Crippen LogP contribution is 2.27. The number of anilines is 1. The first kappa shape index (κ1) is 11.2. The molecule has 0 saturated carbocycles. The van der Waals surface area contributed by atoms with Crippen LogP contribution in [0.3, 0.4) is 0 Å². The summed E-state index contributed by atoms with van der Waals surface area (Å²) in [5.74, 6) is 0. The second-order valence-electron chi connectivity index (χ2n) is 4.33. The largest absolute Gasteiger partial charge is 0.378 e. The molecule has 3 aromatic rings. The van der Waals surface area contributed by atoms with Gasteiger partial charge in [0.1, 0.15) is 0 Å². The van der Waals surface area contributed by atoms with E-state index < -0.39 is 0 Å². The minimum Gasteiger partial charge on any atom is -0.378 e. The van der Waals surface area contributed by atoms with Crippen molar-refractivity contribution in [3.63, 3.8) is 0 Å². The van der Waals surface area contributed by atoms with Crippen LogP contribution < -0.4 is 5.32 Å². The molecule has 2 nitrogen and oxygen atoms in total. The van der Waals surface area contributed by atoms with Gasteiger partial charge >= 0.3 is 0 Å². The number of nitrogens with one attached hydrogen (secondary N) is 1. The van der Waals surface area contributed by atoms with Crippen LogP contribution in [0, 0.1) is 0 Å². The van der Waals surface area contributed by atoms with E-state index in [-0.39, 0.29) is 0 Å². The van der Waals surface area contributed by atoms with Gasteiger partial charge in [-0.2, -0.15) is 11.3 Å². The van der Waals surface area contributed by atoms with Gasteiger partial charge in [0, 0.05) is 34.9 Å². The van der Waals surface area contributed by atoms with Crippen LogP contribution in [0.15, 0.2) is 53.5 Å². The van der Waals surface area contributed by atoms with E-state index in [1.165, 1.54) is 16.3 Å². The molecule has 0 aliphatic rings. The van der Waals surface area contributed by atoms with Crippen molar-refractivity contribution < 1.29 is 0 Å². The molecule has 0 spiro atoms. The summed E-state index contributed by atoms with van der Waals surface area (Å²) in [5.41, 5.74) is 2.49. The normalized spacial score (nSPS) is 12.5. The van der Waals surface area contributed by atoms with E-state index in [0.29, 0.717) is 6.04 Å². The number of hydrogen-bond acceptors (Lipinski definition) is 3. The fourth-order valence-electron chi connectivity index (χ4n) is 2.09. The van der Waals surface area contributed by atoms with Crippen molar-refractivity contribution in [1.29, 1.82) is 0 Å². The first-order valence-corrected chi connectivity index (χ1v) is 6.90. The second-order valence-corrected chi connectivity index (χ2v) is 5.11. The molecule has 3 rings (SSSR count). The van der Waals surface area contributed by atoms with Crippen molar-refractivity contribution in [2.24, 2.45) is 0 Å². The second kappa shape index (κ2) is 4.78. The quantitative estimate of drug-likeness (QED) is 0.746. The van der Waals surface area contributed by atoms with Gasteiger partial charge in [0.25, 0.3) is 0 Å². The lowest BCUT2D eigenvalue weighted by Gasteiger charge is -2.15. The van der Waals surface area contributed by atoms with Gasteiger partial charge in [0.15, 0.2) is 0 Å². The lowest BCUT2D eigenvalue weighted by atomic mass is 10.1. The average molecular weight is 254 g/mol. The summed E-state index contributed by atoms with van der Waals surface area (Å²) in [4.78, 5) is 4.16. The fraction of sp³-hybridized carbons (Fsp3) is 0.133. The number of nitrogens with zero attached hydrogens (tertiary/aromatic N) is 1. The summed E-state index contributed by atoms with van der Waals surface area (Å²) >= 11 is 1.73. The molecule has 1 unspecified atom stereocenters. The fourth-order valence-corrected chi connectivity index (χ4v) is 2.84. The van der Waals surface area contributed by atoms with Crippen LogP contribution in [-0.2, 0) is 0 Å². The van der Waals surface area contributed by atoms with Gasteiger partial charge in [-0.25, -0.2) is 0 Å². The van der Waals surface area contributed by atoms with Gasteiger partial charge < -0.3 is 5.32 Å². The standard InChI is InChI=1S/C15H14N2S/c1-11(13-6-8-18-10-13)17-15-4-2-3-12-9-16-7-5-14(12)15/h2-11,17H,1H3. The van der Waals surface area contributed by atoms with Gasteiger partial charge in [-0.1, -0.05) is 12.1 Å². The Labute approximate surface area is 110 Å². The minimum atomic E-state index is 0.315. The third-order valence-electron chi connectivity index (χ3n) is 3.10. The monoisotopic (exact) mass is 254 g/mol. The molecule has 2 heterocycles. The minimum absolute atomic E-state index is 0.315. The predicted molar refractivity (Wildman–Crippen MR) is 78.1 cm³/mol. The molecule has 0 radical (unpaired) electrons. The highest BCUT2D eigenvalue weighted by molar-refractivity contribution is 7.07. The maximum Gasteiger partial charge on any atom is 0.0494 e. The Morgan fingerprint density at radius 1 is 1.22 bits per heavy atom. The molecule has 0 bridgehead atoms. The zero-order valence-corrected chi connectivity index (χ0v) is 10.9. The van der Waals surface area contributed by atoms with Crippen LogP contribution in [0.1, 0.15) is 18.5 Å². The van der Waals surface area contributed by atoms with Gasteiger partial charge in [-0.05, 0) is 41.4 Å². The zero-order valence-electron chi connectivity index (χ0n) is 10.1. The Morgan fingerprint density at radius 3 is 3.00 bits per heavy atom. The van der Waals surface area contributed by atoms with Gasteiger partial charge in [0.05, 0.1) is 0 Å². The average Bonchev–Trinajstić information content (AvgIpc) is 2.93. The Hall–Kier alpha value is -1.87. The summed E-state index contributed by atoms with van der Waals surface area (Å²) in [6.07, 6.45) is 3.73. The van der Waals surface area contributed by atoms with E-state index >= 15 is 0 Å². The van der Waals surface area contributed by atoms with E-state index in [2.05, 4.69) is 58.3 Å². The molecule has 2 aromatic heterocycles. The lowest BCUT2D eigenvalue weighted by Crippen LogP contribution is -2.05. The number of hydrogen-bond donors (Lipinski definition) is 1. The molecule has 0 saturated heterocycles. The summed E-state index contributed by atoms with van der Waals surface area (Å²) in [7, 11) is 0. The SMILES string of the molecule is CC(Nc1cccc2cnccc12)c1ccsc1. The molecule has 1 atom stereocenters. The molecule has 0 aliphatic carbocycles. The van der Waals surface area contributed by atoms with E-state index in [0.717, 1.165) is 5.69 Å². The summed E-state index contributed by atoms with van der Waals surface area (Å²) in [6.45, 7) is 2.18. The molecule has 0 fully saturated rings. The number of rotatable bonds is 3. The van der Waals surface area contributed by atoms with Crippen molar-refractivity contribution in [1.82, 2.24) is 4.98 Å². The van der Waals surface area contributed by atoms with E-state index in [1.54, 1.807) is 11.3 Å². The number of thiophene rings is 1. The molecule has 90 valence electrons. The number of fused-ring (bicyclic) bond motifs is 1. The Kier molecular flexibility index (Phi) is 2.99. The Bertz CT molecular complexity index is 641. The molecule has 0 amide bonds.